The standard InChI is InChI=1S/C16H32N2OS/c19-12-4-13-20-14-9-17-15-7-10-18(11-8-15)16-5-2-1-3-6-16/h15-17,19H,1-14H2. The zero-order valence-electron chi connectivity index (χ0n) is 12.9. The van der Waals surface area contributed by atoms with Gasteiger partial charge in [0.1, 0.15) is 0 Å². The van der Waals surface area contributed by atoms with Gasteiger partial charge < -0.3 is 15.3 Å². The van der Waals surface area contributed by atoms with Crippen LogP contribution in [-0.4, -0.2) is 59.8 Å². The maximum absolute atomic E-state index is 8.73. The minimum absolute atomic E-state index is 0.333. The molecule has 0 spiro atoms. The first-order valence-electron chi connectivity index (χ1n) is 8.56. The van der Waals surface area contributed by atoms with E-state index >= 15 is 0 Å². The number of likely N-dealkylation sites (tertiary alicyclic amines) is 1. The van der Waals surface area contributed by atoms with Crippen molar-refractivity contribution in [3.8, 4) is 0 Å². The first kappa shape index (κ1) is 16.6. The predicted octanol–water partition coefficient (Wildman–Crippen LogP) is 2.49. The number of hydrogen-bond acceptors (Lipinski definition) is 4. The fourth-order valence-electron chi connectivity index (χ4n) is 3.52. The Bertz CT molecular complexity index is 239. The zero-order chi connectivity index (χ0) is 14.0. The third kappa shape index (κ3) is 5.92. The number of rotatable bonds is 8. The fraction of sp³-hybridized carbons (Fsp3) is 1.00. The van der Waals surface area contributed by atoms with E-state index in [1.165, 1.54) is 63.8 Å². The van der Waals surface area contributed by atoms with Crippen LogP contribution < -0.4 is 5.32 Å². The summed E-state index contributed by atoms with van der Waals surface area (Å²) in [5, 5.41) is 12.4. The van der Waals surface area contributed by atoms with Gasteiger partial charge in [-0.25, -0.2) is 0 Å². The third-order valence-electron chi connectivity index (χ3n) is 4.75. The Morgan fingerprint density at radius 3 is 2.45 bits per heavy atom. The Kier molecular flexibility index (Phi) is 8.33. The zero-order valence-corrected chi connectivity index (χ0v) is 13.7. The molecule has 1 saturated heterocycles. The average molecular weight is 301 g/mol. The Hall–Kier alpha value is 0.230. The maximum atomic E-state index is 8.73. The number of piperidine rings is 1. The number of hydrogen-bond donors (Lipinski definition) is 2. The number of thioether (sulfide) groups is 1. The van der Waals surface area contributed by atoms with Crippen LogP contribution in [0.5, 0.6) is 0 Å². The summed E-state index contributed by atoms with van der Waals surface area (Å²) in [4.78, 5) is 2.76. The minimum atomic E-state index is 0.333. The maximum Gasteiger partial charge on any atom is 0.0438 e. The first-order chi connectivity index (χ1) is 9.90. The molecule has 0 aromatic carbocycles. The molecule has 0 aromatic heterocycles. The van der Waals surface area contributed by atoms with Gasteiger partial charge in [-0.1, -0.05) is 19.3 Å². The molecular formula is C16H32N2OS. The molecule has 2 fully saturated rings. The van der Waals surface area contributed by atoms with Gasteiger partial charge in [0.15, 0.2) is 0 Å². The molecule has 3 nitrogen and oxygen atoms in total. The van der Waals surface area contributed by atoms with E-state index in [2.05, 4.69) is 10.2 Å². The molecule has 2 aliphatic rings. The van der Waals surface area contributed by atoms with Crippen molar-refractivity contribution in [2.24, 2.45) is 0 Å². The minimum Gasteiger partial charge on any atom is -0.396 e. The van der Waals surface area contributed by atoms with E-state index < -0.39 is 0 Å². The quantitative estimate of drug-likeness (QED) is 0.675. The van der Waals surface area contributed by atoms with E-state index in [-0.39, 0.29) is 0 Å². The molecule has 118 valence electrons. The van der Waals surface area contributed by atoms with Crippen molar-refractivity contribution in [3.05, 3.63) is 0 Å². The SMILES string of the molecule is OCCCSCCNC1CCN(C2CCCCC2)CC1. The van der Waals surface area contributed by atoms with Crippen molar-refractivity contribution in [1.29, 1.82) is 0 Å². The topological polar surface area (TPSA) is 35.5 Å². The third-order valence-corrected chi connectivity index (χ3v) is 5.82. The van der Waals surface area contributed by atoms with Crippen LogP contribution in [0.25, 0.3) is 0 Å². The Morgan fingerprint density at radius 1 is 1.00 bits per heavy atom. The number of aliphatic hydroxyl groups is 1. The Labute approximate surface area is 128 Å². The summed E-state index contributed by atoms with van der Waals surface area (Å²) in [6.07, 6.45) is 10.9. The molecule has 1 aliphatic heterocycles. The lowest BCUT2D eigenvalue weighted by Crippen LogP contribution is -2.47. The highest BCUT2D eigenvalue weighted by Crippen LogP contribution is 2.25. The second-order valence-electron chi connectivity index (χ2n) is 6.25. The van der Waals surface area contributed by atoms with E-state index in [4.69, 9.17) is 5.11 Å². The van der Waals surface area contributed by atoms with Crippen molar-refractivity contribution >= 4 is 11.8 Å². The van der Waals surface area contributed by atoms with Gasteiger partial charge in [-0.3, -0.25) is 0 Å². The van der Waals surface area contributed by atoms with E-state index in [1.807, 2.05) is 11.8 Å². The highest BCUT2D eigenvalue weighted by Gasteiger charge is 2.25. The number of aliphatic hydroxyl groups excluding tert-OH is 1. The normalized spacial score (nSPS) is 23.2. The first-order valence-corrected chi connectivity index (χ1v) is 9.71. The van der Waals surface area contributed by atoms with E-state index in [0.29, 0.717) is 6.61 Å². The predicted molar refractivity (Wildman–Crippen MR) is 88.5 cm³/mol. The van der Waals surface area contributed by atoms with Gasteiger partial charge in [-0.15, -0.1) is 0 Å². The van der Waals surface area contributed by atoms with Crippen LogP contribution in [0.3, 0.4) is 0 Å². The molecule has 2 rings (SSSR count). The van der Waals surface area contributed by atoms with Crippen LogP contribution in [-0.2, 0) is 0 Å². The average Bonchev–Trinajstić information content (AvgIpc) is 2.52. The summed E-state index contributed by atoms with van der Waals surface area (Å²) in [6.45, 7) is 4.07. The van der Waals surface area contributed by atoms with Crippen molar-refractivity contribution in [2.75, 3.05) is 37.7 Å². The molecule has 1 aliphatic carbocycles. The summed E-state index contributed by atoms with van der Waals surface area (Å²) >= 11 is 1.96. The smallest absolute Gasteiger partial charge is 0.0438 e. The van der Waals surface area contributed by atoms with Crippen LogP contribution in [0.1, 0.15) is 51.4 Å². The summed E-state index contributed by atoms with van der Waals surface area (Å²) in [5.41, 5.74) is 0. The van der Waals surface area contributed by atoms with Gasteiger partial charge in [0.2, 0.25) is 0 Å². The fourth-order valence-corrected chi connectivity index (χ4v) is 4.32. The lowest BCUT2D eigenvalue weighted by molar-refractivity contribution is 0.116. The van der Waals surface area contributed by atoms with Crippen LogP contribution in [0.2, 0.25) is 0 Å². The van der Waals surface area contributed by atoms with Gasteiger partial charge >= 0.3 is 0 Å². The van der Waals surface area contributed by atoms with E-state index in [0.717, 1.165) is 30.8 Å². The van der Waals surface area contributed by atoms with Gasteiger partial charge in [0, 0.05) is 31.0 Å². The highest BCUT2D eigenvalue weighted by molar-refractivity contribution is 7.99. The molecule has 0 atom stereocenters. The molecule has 0 bridgehead atoms. The second-order valence-corrected chi connectivity index (χ2v) is 7.47. The molecule has 0 radical (unpaired) electrons. The number of nitrogens with zero attached hydrogens (tertiary/aromatic N) is 1. The summed E-state index contributed by atoms with van der Waals surface area (Å²) < 4.78 is 0. The molecule has 1 saturated carbocycles. The molecule has 0 amide bonds. The van der Waals surface area contributed by atoms with Gasteiger partial charge in [0.05, 0.1) is 0 Å². The molecule has 20 heavy (non-hydrogen) atoms. The molecule has 4 heteroatoms. The summed E-state index contributed by atoms with van der Waals surface area (Å²) in [5.74, 6) is 2.28. The van der Waals surface area contributed by atoms with Crippen LogP contribution in [0.15, 0.2) is 0 Å². The molecule has 1 heterocycles. The molecule has 2 N–H and O–H groups in total. The van der Waals surface area contributed by atoms with Crippen molar-refractivity contribution in [1.82, 2.24) is 10.2 Å². The highest BCUT2D eigenvalue weighted by atomic mass is 32.2. The van der Waals surface area contributed by atoms with Gasteiger partial charge in [0.25, 0.3) is 0 Å². The molecule has 0 unspecified atom stereocenters. The monoisotopic (exact) mass is 300 g/mol. The molecular weight excluding hydrogens is 268 g/mol. The van der Waals surface area contributed by atoms with E-state index in [9.17, 15) is 0 Å². The summed E-state index contributed by atoms with van der Waals surface area (Å²) in [6, 6.07) is 1.65. The van der Waals surface area contributed by atoms with Crippen LogP contribution in [0.4, 0.5) is 0 Å². The van der Waals surface area contributed by atoms with Gasteiger partial charge in [-0.2, -0.15) is 11.8 Å². The van der Waals surface area contributed by atoms with Crippen LogP contribution >= 0.6 is 11.8 Å². The Balaban J connectivity index is 1.50. The van der Waals surface area contributed by atoms with Crippen molar-refractivity contribution in [3.63, 3.8) is 0 Å². The van der Waals surface area contributed by atoms with E-state index in [1.54, 1.807) is 0 Å². The summed E-state index contributed by atoms with van der Waals surface area (Å²) in [7, 11) is 0. The lowest BCUT2D eigenvalue weighted by Gasteiger charge is -2.39. The van der Waals surface area contributed by atoms with Crippen molar-refractivity contribution < 1.29 is 5.11 Å². The Morgan fingerprint density at radius 2 is 1.75 bits per heavy atom. The molecule has 0 aromatic rings. The van der Waals surface area contributed by atoms with Crippen LogP contribution in [0, 0.1) is 0 Å². The second kappa shape index (κ2) is 10.0. The largest absolute Gasteiger partial charge is 0.396 e. The van der Waals surface area contributed by atoms with Gasteiger partial charge in [-0.05, 0) is 50.9 Å². The lowest BCUT2D eigenvalue weighted by atomic mass is 9.92. The number of nitrogens with one attached hydrogen (secondary N) is 1. The van der Waals surface area contributed by atoms with Crippen molar-refractivity contribution in [2.45, 2.75) is 63.5 Å².